The number of nitrogens with one attached hydrogen (secondary N) is 1. The lowest BCUT2D eigenvalue weighted by atomic mass is 10.1. The lowest BCUT2D eigenvalue weighted by molar-refractivity contribution is 0.102. The second kappa shape index (κ2) is 11.6. The number of aryl methyl sites for hydroxylation is 2. The van der Waals surface area contributed by atoms with Crippen LogP contribution in [0, 0.1) is 13.8 Å². The van der Waals surface area contributed by atoms with E-state index < -0.39 is 0 Å². The fraction of sp³-hybridized carbons (Fsp3) is 0.167. The van der Waals surface area contributed by atoms with E-state index in [1.165, 1.54) is 0 Å². The van der Waals surface area contributed by atoms with Gasteiger partial charge in [0.05, 0.1) is 12.3 Å². The van der Waals surface area contributed by atoms with Gasteiger partial charge in [0.1, 0.15) is 23.9 Å². The molecule has 0 saturated carbocycles. The summed E-state index contributed by atoms with van der Waals surface area (Å²) in [7, 11) is 0. The largest absolute Gasteiger partial charge is 0.493 e. The summed E-state index contributed by atoms with van der Waals surface area (Å²) >= 11 is 6.21. The van der Waals surface area contributed by atoms with Crippen LogP contribution in [0.4, 0.5) is 5.69 Å². The molecule has 0 aromatic heterocycles. The number of benzene rings is 4. The Balaban J connectivity index is 1.56. The van der Waals surface area contributed by atoms with Gasteiger partial charge >= 0.3 is 0 Å². The fourth-order valence-corrected chi connectivity index (χ4v) is 3.98. The third-order valence-electron chi connectivity index (χ3n) is 5.37. The summed E-state index contributed by atoms with van der Waals surface area (Å²) in [5.41, 5.74) is 3.95. The minimum atomic E-state index is -0.300. The molecular formula is C30H28ClNO4. The number of hydrogen-bond donors (Lipinski definition) is 1. The van der Waals surface area contributed by atoms with Crippen molar-refractivity contribution in [3.8, 4) is 23.0 Å². The number of anilines is 1. The van der Waals surface area contributed by atoms with Crippen LogP contribution in [0.5, 0.6) is 23.0 Å². The molecule has 0 atom stereocenters. The van der Waals surface area contributed by atoms with Gasteiger partial charge in [0.25, 0.3) is 5.91 Å². The number of carbonyl (C=O) groups excluding carboxylic acids is 1. The third kappa shape index (κ3) is 6.58. The Bertz CT molecular complexity index is 1330. The topological polar surface area (TPSA) is 56.8 Å². The number of para-hydroxylation sites is 1. The van der Waals surface area contributed by atoms with Crippen LogP contribution in [0.2, 0.25) is 5.02 Å². The molecule has 4 aromatic carbocycles. The second-order valence-corrected chi connectivity index (χ2v) is 8.81. The highest BCUT2D eigenvalue weighted by atomic mass is 35.5. The number of halogens is 1. The molecule has 0 fully saturated rings. The molecule has 0 heterocycles. The van der Waals surface area contributed by atoms with Crippen molar-refractivity contribution < 1.29 is 19.0 Å². The quantitative estimate of drug-likeness (QED) is 0.252. The van der Waals surface area contributed by atoms with Crippen LogP contribution in [0.3, 0.4) is 0 Å². The van der Waals surface area contributed by atoms with Gasteiger partial charge in [-0.05, 0) is 92.6 Å². The molecule has 0 radical (unpaired) electrons. The predicted octanol–water partition coefficient (Wildman–Crippen LogP) is 7.98. The maximum Gasteiger partial charge on any atom is 0.255 e. The van der Waals surface area contributed by atoms with Crippen molar-refractivity contribution in [3.63, 3.8) is 0 Å². The second-order valence-electron chi connectivity index (χ2n) is 8.38. The van der Waals surface area contributed by atoms with Crippen molar-refractivity contribution in [1.82, 2.24) is 0 Å². The molecule has 4 aromatic rings. The Morgan fingerprint density at radius 3 is 2.25 bits per heavy atom. The molecule has 1 amide bonds. The zero-order valence-corrected chi connectivity index (χ0v) is 21.3. The van der Waals surface area contributed by atoms with Gasteiger partial charge < -0.3 is 19.5 Å². The number of ether oxygens (including phenoxy) is 3. The minimum Gasteiger partial charge on any atom is -0.493 e. The van der Waals surface area contributed by atoms with E-state index in [1.807, 2.05) is 63.2 Å². The number of hydrogen-bond acceptors (Lipinski definition) is 4. The Kier molecular flexibility index (Phi) is 8.13. The van der Waals surface area contributed by atoms with Gasteiger partial charge in [0, 0.05) is 16.1 Å². The highest BCUT2D eigenvalue weighted by Crippen LogP contribution is 2.33. The van der Waals surface area contributed by atoms with Gasteiger partial charge in [-0.15, -0.1) is 0 Å². The van der Waals surface area contributed by atoms with Crippen molar-refractivity contribution in [2.24, 2.45) is 0 Å². The molecule has 0 spiro atoms. The molecule has 36 heavy (non-hydrogen) atoms. The molecule has 5 nitrogen and oxygen atoms in total. The molecule has 0 aliphatic carbocycles. The molecule has 0 bridgehead atoms. The zero-order valence-electron chi connectivity index (χ0n) is 20.5. The molecular weight excluding hydrogens is 474 g/mol. The van der Waals surface area contributed by atoms with E-state index in [1.54, 1.807) is 36.4 Å². The number of amides is 1. The van der Waals surface area contributed by atoms with Gasteiger partial charge in [0.15, 0.2) is 5.75 Å². The Labute approximate surface area is 216 Å². The highest BCUT2D eigenvalue weighted by Gasteiger charge is 2.15. The van der Waals surface area contributed by atoms with E-state index in [9.17, 15) is 4.79 Å². The summed E-state index contributed by atoms with van der Waals surface area (Å²) in [5.74, 6) is 2.29. The molecule has 0 saturated heterocycles. The summed E-state index contributed by atoms with van der Waals surface area (Å²) in [5, 5.41) is 3.41. The first-order valence-electron chi connectivity index (χ1n) is 11.7. The predicted molar refractivity (Wildman–Crippen MR) is 144 cm³/mol. The Morgan fingerprint density at radius 2 is 1.53 bits per heavy atom. The van der Waals surface area contributed by atoms with Crippen molar-refractivity contribution in [1.29, 1.82) is 0 Å². The van der Waals surface area contributed by atoms with Gasteiger partial charge in [-0.3, -0.25) is 4.79 Å². The van der Waals surface area contributed by atoms with Crippen molar-refractivity contribution in [2.45, 2.75) is 27.4 Å². The SMILES string of the molecule is CCOc1ccc(C(=O)Nc2cc(Cl)ccc2Oc2ccccc2)cc1COc1cc(C)cc(C)c1. The lowest BCUT2D eigenvalue weighted by Crippen LogP contribution is -2.13. The smallest absolute Gasteiger partial charge is 0.255 e. The molecule has 0 unspecified atom stereocenters. The van der Waals surface area contributed by atoms with Crippen molar-refractivity contribution in [3.05, 3.63) is 112 Å². The normalized spacial score (nSPS) is 10.6. The summed E-state index contributed by atoms with van der Waals surface area (Å²) in [6.45, 7) is 6.75. The fourth-order valence-electron chi connectivity index (χ4n) is 3.81. The molecule has 0 aliphatic rings. The maximum atomic E-state index is 13.2. The van der Waals surface area contributed by atoms with Crippen LogP contribution in [0.1, 0.15) is 34.0 Å². The number of rotatable bonds is 9. The van der Waals surface area contributed by atoms with E-state index in [4.69, 9.17) is 25.8 Å². The average Bonchev–Trinajstić information content (AvgIpc) is 2.85. The van der Waals surface area contributed by atoms with Crippen LogP contribution in [0.15, 0.2) is 84.9 Å². The van der Waals surface area contributed by atoms with Crippen LogP contribution in [0.25, 0.3) is 0 Å². The molecule has 1 N–H and O–H groups in total. The number of carbonyl (C=O) groups is 1. The lowest BCUT2D eigenvalue weighted by Gasteiger charge is -2.15. The third-order valence-corrected chi connectivity index (χ3v) is 5.61. The zero-order chi connectivity index (χ0) is 25.5. The van der Waals surface area contributed by atoms with E-state index >= 15 is 0 Å². The van der Waals surface area contributed by atoms with Gasteiger partial charge in [-0.1, -0.05) is 35.9 Å². The van der Waals surface area contributed by atoms with E-state index in [-0.39, 0.29) is 12.5 Å². The van der Waals surface area contributed by atoms with E-state index in [0.717, 1.165) is 22.4 Å². The highest BCUT2D eigenvalue weighted by molar-refractivity contribution is 6.31. The van der Waals surface area contributed by atoms with E-state index in [0.29, 0.717) is 40.1 Å². The molecule has 4 rings (SSSR count). The van der Waals surface area contributed by atoms with Crippen LogP contribution in [-0.2, 0) is 6.61 Å². The Morgan fingerprint density at radius 1 is 0.806 bits per heavy atom. The van der Waals surface area contributed by atoms with Gasteiger partial charge in [-0.2, -0.15) is 0 Å². The summed E-state index contributed by atoms with van der Waals surface area (Å²) in [6, 6.07) is 25.8. The van der Waals surface area contributed by atoms with Gasteiger partial charge in [-0.25, -0.2) is 0 Å². The summed E-state index contributed by atoms with van der Waals surface area (Å²) < 4.78 is 17.8. The molecule has 184 valence electrons. The van der Waals surface area contributed by atoms with E-state index in [2.05, 4.69) is 11.4 Å². The van der Waals surface area contributed by atoms with Crippen molar-refractivity contribution in [2.75, 3.05) is 11.9 Å². The molecule has 0 aliphatic heterocycles. The average molecular weight is 502 g/mol. The first-order chi connectivity index (χ1) is 17.4. The molecule has 6 heteroatoms. The summed E-state index contributed by atoms with van der Waals surface area (Å²) in [6.07, 6.45) is 0. The van der Waals surface area contributed by atoms with Gasteiger partial charge in [0.2, 0.25) is 0 Å². The first kappa shape index (κ1) is 25.1. The monoisotopic (exact) mass is 501 g/mol. The van der Waals surface area contributed by atoms with Crippen molar-refractivity contribution >= 4 is 23.2 Å². The standard InChI is InChI=1S/C30H28ClNO4/c1-4-34-28-12-10-22(17-23(28)19-35-26-15-20(2)14-21(3)16-26)30(33)32-27-18-24(31)11-13-29(27)36-25-8-6-5-7-9-25/h5-18H,4,19H2,1-3H3,(H,32,33). The minimum absolute atomic E-state index is 0.263. The van der Waals surface area contributed by atoms with Crippen LogP contribution in [-0.4, -0.2) is 12.5 Å². The Hall–Kier alpha value is -3.96. The van der Waals surface area contributed by atoms with Crippen LogP contribution >= 0.6 is 11.6 Å². The van der Waals surface area contributed by atoms with Crippen LogP contribution < -0.4 is 19.5 Å². The first-order valence-corrected chi connectivity index (χ1v) is 12.1. The maximum absolute atomic E-state index is 13.2. The summed E-state index contributed by atoms with van der Waals surface area (Å²) in [4.78, 5) is 13.2.